The predicted octanol–water partition coefficient (Wildman–Crippen LogP) is 4.62. The third-order valence-corrected chi connectivity index (χ3v) is 6.42. The number of nitrogens with zero attached hydrogens (tertiary/aromatic N) is 5. The van der Waals surface area contributed by atoms with Crippen LogP contribution >= 0.6 is 11.8 Å². The first-order chi connectivity index (χ1) is 15.5. The first-order valence-electron chi connectivity index (χ1n) is 10.4. The Balaban J connectivity index is 1.53. The van der Waals surface area contributed by atoms with E-state index in [1.54, 1.807) is 9.58 Å². The van der Waals surface area contributed by atoms with Crippen LogP contribution in [0.15, 0.2) is 84.0 Å². The molecule has 4 aromatic rings. The van der Waals surface area contributed by atoms with E-state index in [0.717, 1.165) is 16.8 Å². The molecule has 1 amide bonds. The Labute approximate surface area is 192 Å². The average Bonchev–Trinajstić information content (AvgIpc) is 3.29. The van der Waals surface area contributed by atoms with Crippen molar-refractivity contribution in [3.05, 3.63) is 101 Å². The third-order valence-electron chi connectivity index (χ3n) is 5.51. The van der Waals surface area contributed by atoms with Crippen molar-refractivity contribution < 1.29 is 4.79 Å². The fraction of sp³-hybridized carbons (Fsp3) is 0.200. The number of tetrazole rings is 1. The van der Waals surface area contributed by atoms with Crippen LogP contribution in [-0.2, 0) is 4.79 Å². The van der Waals surface area contributed by atoms with Crippen molar-refractivity contribution in [3.8, 4) is 5.69 Å². The van der Waals surface area contributed by atoms with Crippen LogP contribution in [0.5, 0.6) is 0 Å². The van der Waals surface area contributed by atoms with Gasteiger partial charge >= 0.3 is 0 Å². The summed E-state index contributed by atoms with van der Waals surface area (Å²) in [6.07, 6.45) is 0. The summed E-state index contributed by atoms with van der Waals surface area (Å²) in [6.45, 7) is 4.13. The van der Waals surface area contributed by atoms with Crippen LogP contribution in [0.2, 0.25) is 0 Å². The molecule has 0 fully saturated rings. The summed E-state index contributed by atoms with van der Waals surface area (Å²) in [6, 6.07) is 26.1. The standard InChI is InChI=1S/C25H25N5OS/c1-18-14-15-22(16-19(18)2)30-25(26-27-28-30)32-17-23(31)29(3)24(20-10-6-4-7-11-20)21-12-8-5-9-13-21/h4-16,24H,17H2,1-3H3. The summed E-state index contributed by atoms with van der Waals surface area (Å²) < 4.78 is 1.68. The van der Waals surface area contributed by atoms with E-state index < -0.39 is 0 Å². The summed E-state index contributed by atoms with van der Waals surface area (Å²) in [7, 11) is 1.85. The number of aromatic nitrogens is 4. The van der Waals surface area contributed by atoms with E-state index in [9.17, 15) is 4.79 Å². The van der Waals surface area contributed by atoms with Gasteiger partial charge in [0, 0.05) is 7.05 Å². The molecular weight excluding hydrogens is 418 g/mol. The molecule has 0 spiro atoms. The average molecular weight is 444 g/mol. The number of amides is 1. The summed E-state index contributed by atoms with van der Waals surface area (Å²) in [5.74, 6) is 0.236. The highest BCUT2D eigenvalue weighted by atomic mass is 32.2. The quantitative estimate of drug-likeness (QED) is 0.390. The lowest BCUT2D eigenvalue weighted by Crippen LogP contribution is -2.33. The van der Waals surface area contributed by atoms with Gasteiger partial charge in [-0.05, 0) is 58.7 Å². The van der Waals surface area contributed by atoms with Crippen LogP contribution in [0.3, 0.4) is 0 Å². The molecule has 0 unspecified atom stereocenters. The second-order valence-electron chi connectivity index (χ2n) is 7.66. The van der Waals surface area contributed by atoms with Gasteiger partial charge in [-0.2, -0.15) is 4.68 Å². The smallest absolute Gasteiger partial charge is 0.233 e. The second kappa shape index (κ2) is 9.78. The molecule has 3 aromatic carbocycles. The Hall–Kier alpha value is -3.45. The highest BCUT2D eigenvalue weighted by Gasteiger charge is 2.24. The van der Waals surface area contributed by atoms with Crippen LogP contribution < -0.4 is 0 Å². The van der Waals surface area contributed by atoms with Crippen LogP contribution in [0.25, 0.3) is 5.69 Å². The lowest BCUT2D eigenvalue weighted by Gasteiger charge is -2.29. The maximum Gasteiger partial charge on any atom is 0.233 e. The van der Waals surface area contributed by atoms with E-state index in [-0.39, 0.29) is 17.7 Å². The molecule has 7 heteroatoms. The lowest BCUT2D eigenvalue weighted by atomic mass is 9.97. The van der Waals surface area contributed by atoms with Crippen LogP contribution in [-0.4, -0.2) is 43.8 Å². The molecule has 0 radical (unpaired) electrons. The Bertz CT molecular complexity index is 1150. The van der Waals surface area contributed by atoms with E-state index in [1.165, 1.54) is 22.9 Å². The molecular formula is C25H25N5OS. The summed E-state index contributed by atoms with van der Waals surface area (Å²) >= 11 is 1.34. The zero-order chi connectivity index (χ0) is 22.5. The molecule has 0 bridgehead atoms. The van der Waals surface area contributed by atoms with Crippen molar-refractivity contribution in [3.63, 3.8) is 0 Å². The topological polar surface area (TPSA) is 63.9 Å². The van der Waals surface area contributed by atoms with Gasteiger partial charge < -0.3 is 4.90 Å². The fourth-order valence-corrected chi connectivity index (χ4v) is 4.39. The minimum atomic E-state index is -0.166. The minimum Gasteiger partial charge on any atom is -0.334 e. The van der Waals surface area contributed by atoms with Crippen LogP contribution in [0, 0.1) is 13.8 Å². The first-order valence-corrected chi connectivity index (χ1v) is 11.4. The van der Waals surface area contributed by atoms with Gasteiger partial charge in [-0.25, -0.2) is 0 Å². The maximum atomic E-state index is 13.2. The Morgan fingerprint density at radius 3 is 2.16 bits per heavy atom. The van der Waals surface area contributed by atoms with Crippen molar-refractivity contribution in [2.45, 2.75) is 25.0 Å². The third kappa shape index (κ3) is 4.73. The van der Waals surface area contributed by atoms with Gasteiger partial charge in [-0.15, -0.1) is 5.10 Å². The zero-order valence-electron chi connectivity index (χ0n) is 18.3. The minimum absolute atomic E-state index is 0.00217. The summed E-state index contributed by atoms with van der Waals surface area (Å²) in [5.41, 5.74) is 5.39. The molecule has 162 valence electrons. The van der Waals surface area contributed by atoms with Gasteiger partial charge in [0.1, 0.15) is 0 Å². The number of hydrogen-bond donors (Lipinski definition) is 0. The van der Waals surface area contributed by atoms with Crippen molar-refractivity contribution in [2.24, 2.45) is 0 Å². The van der Waals surface area contributed by atoms with E-state index in [4.69, 9.17) is 0 Å². The molecule has 0 atom stereocenters. The van der Waals surface area contributed by atoms with Crippen molar-refractivity contribution in [1.29, 1.82) is 0 Å². The molecule has 0 N–H and O–H groups in total. The first kappa shape index (κ1) is 21.8. The summed E-state index contributed by atoms with van der Waals surface area (Å²) in [5, 5.41) is 12.7. The number of benzene rings is 3. The van der Waals surface area contributed by atoms with Gasteiger partial charge in [0.25, 0.3) is 0 Å². The van der Waals surface area contributed by atoms with Crippen molar-refractivity contribution in [2.75, 3.05) is 12.8 Å². The Morgan fingerprint density at radius 1 is 0.938 bits per heavy atom. The largest absolute Gasteiger partial charge is 0.334 e. The molecule has 0 aliphatic carbocycles. The Kier molecular flexibility index (Phi) is 6.66. The number of carbonyl (C=O) groups excluding carboxylic acids is 1. The second-order valence-corrected chi connectivity index (χ2v) is 8.60. The number of hydrogen-bond acceptors (Lipinski definition) is 5. The number of rotatable bonds is 7. The monoisotopic (exact) mass is 443 g/mol. The van der Waals surface area contributed by atoms with Gasteiger partial charge in [0.2, 0.25) is 11.1 Å². The Morgan fingerprint density at radius 2 is 1.56 bits per heavy atom. The van der Waals surface area contributed by atoms with Gasteiger partial charge in [0.05, 0.1) is 17.5 Å². The van der Waals surface area contributed by atoms with Gasteiger partial charge in [0.15, 0.2) is 0 Å². The van der Waals surface area contributed by atoms with Gasteiger partial charge in [-0.3, -0.25) is 4.79 Å². The normalized spacial score (nSPS) is 11.0. The maximum absolute atomic E-state index is 13.2. The van der Waals surface area contributed by atoms with Crippen molar-refractivity contribution in [1.82, 2.24) is 25.1 Å². The number of carbonyl (C=O) groups is 1. The highest BCUT2D eigenvalue weighted by Crippen LogP contribution is 2.29. The molecule has 6 nitrogen and oxygen atoms in total. The lowest BCUT2D eigenvalue weighted by molar-refractivity contribution is -0.128. The van der Waals surface area contributed by atoms with Crippen LogP contribution in [0.1, 0.15) is 28.3 Å². The number of thioether (sulfide) groups is 1. The van der Waals surface area contributed by atoms with E-state index in [0.29, 0.717) is 5.16 Å². The summed E-state index contributed by atoms with van der Waals surface area (Å²) in [4.78, 5) is 15.0. The SMILES string of the molecule is Cc1ccc(-n2nnnc2SCC(=O)N(C)C(c2ccccc2)c2ccccc2)cc1C. The fourth-order valence-electron chi connectivity index (χ4n) is 3.57. The molecule has 0 saturated heterocycles. The van der Waals surface area contributed by atoms with Crippen LogP contribution in [0.4, 0.5) is 0 Å². The van der Waals surface area contributed by atoms with Gasteiger partial charge in [-0.1, -0.05) is 78.5 Å². The molecule has 32 heavy (non-hydrogen) atoms. The molecule has 0 saturated carbocycles. The van der Waals surface area contributed by atoms with E-state index in [1.807, 2.05) is 61.6 Å². The zero-order valence-corrected chi connectivity index (χ0v) is 19.2. The molecule has 1 heterocycles. The van der Waals surface area contributed by atoms with E-state index in [2.05, 4.69) is 53.6 Å². The highest BCUT2D eigenvalue weighted by molar-refractivity contribution is 7.99. The molecule has 1 aromatic heterocycles. The number of aryl methyl sites for hydroxylation is 2. The molecule has 0 aliphatic rings. The van der Waals surface area contributed by atoms with E-state index >= 15 is 0 Å². The van der Waals surface area contributed by atoms with Crippen molar-refractivity contribution >= 4 is 17.7 Å². The molecule has 0 aliphatic heterocycles. The predicted molar refractivity (Wildman–Crippen MR) is 127 cm³/mol. The molecule has 4 rings (SSSR count).